The fourth-order valence-electron chi connectivity index (χ4n) is 1.94. The molecule has 16 heavy (non-hydrogen) atoms. The van der Waals surface area contributed by atoms with Gasteiger partial charge in [-0.15, -0.1) is 0 Å². The number of carbonyl (C=O) groups excluding carboxylic acids is 1. The van der Waals surface area contributed by atoms with E-state index in [0.717, 1.165) is 19.4 Å². The summed E-state index contributed by atoms with van der Waals surface area (Å²) in [5.74, 6) is 4.95. The molecule has 0 aliphatic carbocycles. The summed E-state index contributed by atoms with van der Waals surface area (Å²) in [5, 5.41) is 0. The molecule has 0 saturated carbocycles. The molecule has 0 aromatic rings. The second-order valence-electron chi connectivity index (χ2n) is 4.52. The summed E-state index contributed by atoms with van der Waals surface area (Å²) in [6.45, 7) is 5.88. The Kier molecular flexibility index (Phi) is 6.37. The lowest BCUT2D eigenvalue weighted by Crippen LogP contribution is -2.44. The number of rotatable bonds is 6. The lowest BCUT2D eigenvalue weighted by atomic mass is 10.1. The molecular formula is C11H24N4O. The molecule has 0 atom stereocenters. The second-order valence-corrected chi connectivity index (χ2v) is 4.52. The highest BCUT2D eigenvalue weighted by Gasteiger charge is 2.12. The van der Waals surface area contributed by atoms with Crippen molar-refractivity contribution in [1.82, 2.24) is 15.2 Å². The maximum atomic E-state index is 10.9. The minimum atomic E-state index is -0.0559. The Balaban J connectivity index is 1.93. The molecular weight excluding hydrogens is 204 g/mol. The van der Waals surface area contributed by atoms with Gasteiger partial charge in [0, 0.05) is 32.6 Å². The molecule has 0 spiro atoms. The summed E-state index contributed by atoms with van der Waals surface area (Å²) >= 11 is 0. The zero-order valence-corrected chi connectivity index (χ0v) is 10.2. The minimum Gasteiger partial charge on any atom is -0.304 e. The molecule has 0 bridgehead atoms. The van der Waals surface area contributed by atoms with Crippen LogP contribution >= 0.6 is 0 Å². The molecule has 3 N–H and O–H groups in total. The largest absolute Gasteiger partial charge is 0.304 e. The average molecular weight is 228 g/mol. The lowest BCUT2D eigenvalue weighted by molar-refractivity contribution is -0.121. The van der Waals surface area contributed by atoms with Gasteiger partial charge in [0.25, 0.3) is 0 Å². The number of piperazine rings is 1. The molecule has 0 radical (unpaired) electrons. The molecule has 1 aliphatic rings. The molecule has 5 nitrogen and oxygen atoms in total. The lowest BCUT2D eigenvalue weighted by Gasteiger charge is -2.32. The Morgan fingerprint density at radius 1 is 1.19 bits per heavy atom. The van der Waals surface area contributed by atoms with Gasteiger partial charge in [0.1, 0.15) is 0 Å². The quantitative estimate of drug-likeness (QED) is 0.286. The molecule has 1 saturated heterocycles. The van der Waals surface area contributed by atoms with E-state index in [0.29, 0.717) is 6.42 Å². The van der Waals surface area contributed by atoms with Gasteiger partial charge in [-0.2, -0.15) is 0 Å². The summed E-state index contributed by atoms with van der Waals surface area (Å²) in [4.78, 5) is 15.7. The van der Waals surface area contributed by atoms with Crippen LogP contribution in [0, 0.1) is 0 Å². The van der Waals surface area contributed by atoms with Crippen molar-refractivity contribution in [1.29, 1.82) is 0 Å². The van der Waals surface area contributed by atoms with E-state index in [1.54, 1.807) is 0 Å². The van der Waals surface area contributed by atoms with Crippen molar-refractivity contribution in [3.63, 3.8) is 0 Å². The van der Waals surface area contributed by atoms with Crippen molar-refractivity contribution in [2.24, 2.45) is 5.84 Å². The third-order valence-electron chi connectivity index (χ3n) is 3.14. The van der Waals surface area contributed by atoms with Gasteiger partial charge in [-0.25, -0.2) is 5.84 Å². The highest BCUT2D eigenvalue weighted by Crippen LogP contribution is 2.04. The van der Waals surface area contributed by atoms with Crippen LogP contribution in [0.15, 0.2) is 0 Å². The molecule has 0 unspecified atom stereocenters. The topological polar surface area (TPSA) is 61.6 Å². The monoisotopic (exact) mass is 228 g/mol. The summed E-state index contributed by atoms with van der Waals surface area (Å²) in [6, 6.07) is 0. The number of unbranched alkanes of at least 4 members (excludes halogenated alkanes) is 2. The van der Waals surface area contributed by atoms with Crippen LogP contribution in [0.4, 0.5) is 0 Å². The van der Waals surface area contributed by atoms with Crippen LogP contribution in [0.3, 0.4) is 0 Å². The standard InChI is InChI=1S/C11H24N4O/c1-14-7-9-15(10-8-14)6-4-2-3-5-11(16)13-12/h2-10,12H2,1H3,(H,13,16). The molecule has 1 aliphatic heterocycles. The molecule has 94 valence electrons. The summed E-state index contributed by atoms with van der Waals surface area (Å²) < 4.78 is 0. The number of nitrogens with two attached hydrogens (primary N) is 1. The zero-order chi connectivity index (χ0) is 11.8. The van der Waals surface area contributed by atoms with E-state index < -0.39 is 0 Å². The second kappa shape index (κ2) is 7.60. The number of carbonyl (C=O) groups is 1. The predicted molar refractivity (Wildman–Crippen MR) is 64.7 cm³/mol. The van der Waals surface area contributed by atoms with E-state index in [2.05, 4.69) is 22.3 Å². The van der Waals surface area contributed by atoms with E-state index in [9.17, 15) is 4.79 Å². The van der Waals surface area contributed by atoms with Crippen LogP contribution in [0.25, 0.3) is 0 Å². The molecule has 1 heterocycles. The van der Waals surface area contributed by atoms with Gasteiger partial charge in [0.05, 0.1) is 0 Å². The Morgan fingerprint density at radius 2 is 1.88 bits per heavy atom. The third kappa shape index (κ3) is 5.44. The van der Waals surface area contributed by atoms with E-state index in [1.165, 1.54) is 32.6 Å². The van der Waals surface area contributed by atoms with Crippen molar-refractivity contribution >= 4 is 5.91 Å². The summed E-state index contributed by atoms with van der Waals surface area (Å²) in [6.07, 6.45) is 3.79. The molecule has 1 fully saturated rings. The van der Waals surface area contributed by atoms with E-state index >= 15 is 0 Å². The van der Waals surface area contributed by atoms with E-state index in [1.807, 2.05) is 0 Å². The van der Waals surface area contributed by atoms with Crippen LogP contribution in [0.5, 0.6) is 0 Å². The van der Waals surface area contributed by atoms with E-state index in [4.69, 9.17) is 5.84 Å². The highest BCUT2D eigenvalue weighted by atomic mass is 16.2. The normalized spacial score (nSPS) is 18.6. The molecule has 0 aromatic carbocycles. The highest BCUT2D eigenvalue weighted by molar-refractivity contribution is 5.74. The van der Waals surface area contributed by atoms with Crippen LogP contribution in [0.1, 0.15) is 25.7 Å². The first-order valence-corrected chi connectivity index (χ1v) is 6.12. The van der Waals surface area contributed by atoms with Crippen molar-refractivity contribution in [2.45, 2.75) is 25.7 Å². The number of nitrogens with zero attached hydrogens (tertiary/aromatic N) is 2. The van der Waals surface area contributed by atoms with Crippen molar-refractivity contribution < 1.29 is 4.79 Å². The first-order valence-electron chi connectivity index (χ1n) is 6.12. The minimum absolute atomic E-state index is 0.0559. The fraction of sp³-hybridized carbons (Fsp3) is 0.909. The van der Waals surface area contributed by atoms with Gasteiger partial charge in [0.15, 0.2) is 0 Å². The first-order chi connectivity index (χ1) is 7.72. The average Bonchev–Trinajstić information content (AvgIpc) is 2.31. The summed E-state index contributed by atoms with van der Waals surface area (Å²) in [5.41, 5.74) is 2.16. The Bertz CT molecular complexity index is 202. The van der Waals surface area contributed by atoms with Crippen LogP contribution in [0.2, 0.25) is 0 Å². The number of hydrogen-bond donors (Lipinski definition) is 2. The maximum Gasteiger partial charge on any atom is 0.233 e. The van der Waals surface area contributed by atoms with Crippen molar-refractivity contribution in [3.8, 4) is 0 Å². The Morgan fingerprint density at radius 3 is 2.50 bits per heavy atom. The number of hydrogen-bond acceptors (Lipinski definition) is 4. The maximum absolute atomic E-state index is 10.9. The molecule has 1 rings (SSSR count). The van der Waals surface area contributed by atoms with Gasteiger partial charge in [-0.3, -0.25) is 10.2 Å². The van der Waals surface area contributed by atoms with Gasteiger partial charge < -0.3 is 9.80 Å². The molecule has 1 amide bonds. The van der Waals surface area contributed by atoms with Crippen LogP contribution < -0.4 is 11.3 Å². The first kappa shape index (κ1) is 13.4. The third-order valence-corrected chi connectivity index (χ3v) is 3.14. The summed E-state index contributed by atoms with van der Waals surface area (Å²) in [7, 11) is 2.17. The van der Waals surface area contributed by atoms with Gasteiger partial charge >= 0.3 is 0 Å². The van der Waals surface area contributed by atoms with E-state index in [-0.39, 0.29) is 5.91 Å². The number of likely N-dealkylation sites (N-methyl/N-ethyl adjacent to an activating group) is 1. The van der Waals surface area contributed by atoms with Gasteiger partial charge in [0.2, 0.25) is 5.91 Å². The molecule has 0 aromatic heterocycles. The van der Waals surface area contributed by atoms with Gasteiger partial charge in [-0.05, 0) is 26.4 Å². The molecule has 5 heteroatoms. The van der Waals surface area contributed by atoms with Gasteiger partial charge in [-0.1, -0.05) is 6.42 Å². The zero-order valence-electron chi connectivity index (χ0n) is 10.2. The number of hydrazine groups is 1. The van der Waals surface area contributed by atoms with Crippen molar-refractivity contribution in [2.75, 3.05) is 39.8 Å². The number of amides is 1. The SMILES string of the molecule is CN1CCN(CCCCCC(=O)NN)CC1. The smallest absolute Gasteiger partial charge is 0.233 e. The fourth-order valence-corrected chi connectivity index (χ4v) is 1.94. The van der Waals surface area contributed by atoms with Crippen LogP contribution in [-0.2, 0) is 4.79 Å². The van der Waals surface area contributed by atoms with Crippen molar-refractivity contribution in [3.05, 3.63) is 0 Å². The Hall–Kier alpha value is -0.650. The van der Waals surface area contributed by atoms with Crippen LogP contribution in [-0.4, -0.2) is 55.5 Å². The Labute approximate surface area is 97.9 Å². The number of nitrogens with one attached hydrogen (secondary N) is 1. The predicted octanol–water partition coefficient (Wildman–Crippen LogP) is -0.216.